The van der Waals surface area contributed by atoms with Crippen molar-refractivity contribution in [1.82, 2.24) is 15.2 Å². The summed E-state index contributed by atoms with van der Waals surface area (Å²) in [7, 11) is 0. The molecule has 2 aliphatic rings. The Labute approximate surface area is 135 Å². The number of nitrogens with one attached hydrogen (secondary N) is 2. The second-order valence-electron chi connectivity index (χ2n) is 6.80. The summed E-state index contributed by atoms with van der Waals surface area (Å²) in [6.07, 6.45) is 3.65. The molecule has 1 aromatic heterocycles. The SMILES string of the molecule is O=C1CCC(CN2CCc3[nH]c4ccc(F)cc4c3C2)CCN1. The van der Waals surface area contributed by atoms with Crippen LogP contribution in [0.25, 0.3) is 10.9 Å². The molecule has 1 atom stereocenters. The van der Waals surface area contributed by atoms with Crippen molar-refractivity contribution in [2.45, 2.75) is 32.2 Å². The third kappa shape index (κ3) is 2.98. The number of nitrogens with zero attached hydrogens (tertiary/aromatic N) is 1. The van der Waals surface area contributed by atoms with E-state index in [1.807, 2.05) is 6.07 Å². The summed E-state index contributed by atoms with van der Waals surface area (Å²) in [5, 5.41) is 3.97. The fraction of sp³-hybridized carbons (Fsp3) is 0.500. The number of hydrogen-bond acceptors (Lipinski definition) is 2. The molecule has 1 unspecified atom stereocenters. The van der Waals surface area contributed by atoms with E-state index in [0.29, 0.717) is 12.3 Å². The number of carbonyl (C=O) groups excluding carboxylic acids is 1. The molecule has 2 aliphatic heterocycles. The van der Waals surface area contributed by atoms with Crippen LogP contribution in [0.3, 0.4) is 0 Å². The largest absolute Gasteiger partial charge is 0.358 e. The van der Waals surface area contributed by atoms with E-state index in [0.717, 1.165) is 56.3 Å². The van der Waals surface area contributed by atoms with Crippen LogP contribution < -0.4 is 5.32 Å². The Morgan fingerprint density at radius 2 is 2.17 bits per heavy atom. The lowest BCUT2D eigenvalue weighted by atomic mass is 9.97. The van der Waals surface area contributed by atoms with E-state index < -0.39 is 0 Å². The summed E-state index contributed by atoms with van der Waals surface area (Å²) in [4.78, 5) is 17.4. The number of H-pyrrole nitrogens is 1. The van der Waals surface area contributed by atoms with Gasteiger partial charge in [0, 0.05) is 55.6 Å². The summed E-state index contributed by atoms with van der Waals surface area (Å²) in [6.45, 7) is 3.72. The lowest BCUT2D eigenvalue weighted by Crippen LogP contribution is -2.34. The maximum atomic E-state index is 13.6. The van der Waals surface area contributed by atoms with Crippen LogP contribution in [0.2, 0.25) is 0 Å². The monoisotopic (exact) mass is 315 g/mol. The highest BCUT2D eigenvalue weighted by molar-refractivity contribution is 5.85. The molecule has 5 heteroatoms. The van der Waals surface area contributed by atoms with Crippen LogP contribution in [0, 0.1) is 11.7 Å². The van der Waals surface area contributed by atoms with Gasteiger partial charge in [0.25, 0.3) is 0 Å². The smallest absolute Gasteiger partial charge is 0.220 e. The average molecular weight is 315 g/mol. The molecule has 0 aliphatic carbocycles. The Kier molecular flexibility index (Phi) is 3.81. The number of fused-ring (bicyclic) bond motifs is 3. The summed E-state index contributed by atoms with van der Waals surface area (Å²) >= 11 is 0. The second-order valence-corrected chi connectivity index (χ2v) is 6.80. The van der Waals surface area contributed by atoms with E-state index in [9.17, 15) is 9.18 Å². The predicted octanol–water partition coefficient (Wildman–Crippen LogP) is 2.58. The van der Waals surface area contributed by atoms with Gasteiger partial charge in [-0.1, -0.05) is 0 Å². The van der Waals surface area contributed by atoms with Crippen molar-refractivity contribution >= 4 is 16.8 Å². The van der Waals surface area contributed by atoms with E-state index in [4.69, 9.17) is 0 Å². The molecule has 0 saturated carbocycles. The molecule has 0 spiro atoms. The number of rotatable bonds is 2. The van der Waals surface area contributed by atoms with Gasteiger partial charge in [-0.25, -0.2) is 4.39 Å². The van der Waals surface area contributed by atoms with Gasteiger partial charge < -0.3 is 10.3 Å². The molecule has 2 N–H and O–H groups in total. The number of benzene rings is 1. The van der Waals surface area contributed by atoms with Crippen molar-refractivity contribution in [2.24, 2.45) is 5.92 Å². The highest BCUT2D eigenvalue weighted by Crippen LogP contribution is 2.29. The van der Waals surface area contributed by atoms with Gasteiger partial charge in [0.05, 0.1) is 0 Å². The second kappa shape index (κ2) is 5.96. The van der Waals surface area contributed by atoms with E-state index in [2.05, 4.69) is 15.2 Å². The molecule has 4 nitrogen and oxygen atoms in total. The topological polar surface area (TPSA) is 48.1 Å². The minimum Gasteiger partial charge on any atom is -0.358 e. The first-order chi connectivity index (χ1) is 11.2. The van der Waals surface area contributed by atoms with Crippen molar-refractivity contribution in [1.29, 1.82) is 0 Å². The van der Waals surface area contributed by atoms with Crippen LogP contribution in [0.1, 0.15) is 30.5 Å². The molecule has 4 rings (SSSR count). The third-order valence-corrected chi connectivity index (χ3v) is 5.19. The van der Waals surface area contributed by atoms with Gasteiger partial charge in [-0.05, 0) is 42.5 Å². The van der Waals surface area contributed by atoms with Gasteiger partial charge in [-0.3, -0.25) is 9.69 Å². The first-order valence-corrected chi connectivity index (χ1v) is 8.47. The Bertz CT molecular complexity index is 739. The minimum atomic E-state index is -0.176. The molecule has 1 aromatic carbocycles. The van der Waals surface area contributed by atoms with E-state index >= 15 is 0 Å². The van der Waals surface area contributed by atoms with Crippen LogP contribution in [0.5, 0.6) is 0 Å². The first kappa shape index (κ1) is 14.7. The van der Waals surface area contributed by atoms with Crippen LogP contribution in [-0.2, 0) is 17.8 Å². The van der Waals surface area contributed by atoms with Gasteiger partial charge >= 0.3 is 0 Å². The molecule has 122 valence electrons. The van der Waals surface area contributed by atoms with Crippen LogP contribution in [0.15, 0.2) is 18.2 Å². The van der Waals surface area contributed by atoms with Gasteiger partial charge in [-0.2, -0.15) is 0 Å². The minimum absolute atomic E-state index is 0.176. The molecule has 1 saturated heterocycles. The molecule has 23 heavy (non-hydrogen) atoms. The van der Waals surface area contributed by atoms with Crippen molar-refractivity contribution in [3.63, 3.8) is 0 Å². The van der Waals surface area contributed by atoms with Crippen molar-refractivity contribution < 1.29 is 9.18 Å². The molecular weight excluding hydrogens is 293 g/mol. The lowest BCUT2D eigenvalue weighted by Gasteiger charge is -2.30. The van der Waals surface area contributed by atoms with E-state index in [-0.39, 0.29) is 11.7 Å². The lowest BCUT2D eigenvalue weighted by molar-refractivity contribution is -0.120. The normalized spacial score (nSPS) is 22.7. The summed E-state index contributed by atoms with van der Waals surface area (Å²) in [5.41, 5.74) is 3.52. The molecule has 0 radical (unpaired) electrons. The van der Waals surface area contributed by atoms with Gasteiger partial charge in [0.2, 0.25) is 5.91 Å². The molecule has 3 heterocycles. The Morgan fingerprint density at radius 1 is 1.26 bits per heavy atom. The molecule has 1 amide bonds. The Hall–Kier alpha value is -1.88. The Balaban J connectivity index is 1.50. The molecule has 1 fully saturated rings. The molecule has 2 aromatic rings. The zero-order valence-corrected chi connectivity index (χ0v) is 13.2. The highest BCUT2D eigenvalue weighted by atomic mass is 19.1. The maximum absolute atomic E-state index is 13.6. The fourth-order valence-electron chi connectivity index (χ4n) is 3.93. The van der Waals surface area contributed by atoms with Crippen molar-refractivity contribution in [2.75, 3.05) is 19.6 Å². The number of carbonyl (C=O) groups is 1. The van der Waals surface area contributed by atoms with Crippen LogP contribution in [0.4, 0.5) is 4.39 Å². The number of halogens is 1. The van der Waals surface area contributed by atoms with E-state index in [1.54, 1.807) is 6.07 Å². The number of hydrogen-bond donors (Lipinski definition) is 2. The van der Waals surface area contributed by atoms with Crippen LogP contribution in [-0.4, -0.2) is 35.4 Å². The van der Waals surface area contributed by atoms with Gasteiger partial charge in [0.15, 0.2) is 0 Å². The van der Waals surface area contributed by atoms with Gasteiger partial charge in [-0.15, -0.1) is 0 Å². The maximum Gasteiger partial charge on any atom is 0.220 e. The Morgan fingerprint density at radius 3 is 3.09 bits per heavy atom. The zero-order valence-electron chi connectivity index (χ0n) is 13.2. The van der Waals surface area contributed by atoms with Crippen molar-refractivity contribution in [3.05, 3.63) is 35.3 Å². The first-order valence-electron chi connectivity index (χ1n) is 8.47. The number of amides is 1. The summed E-state index contributed by atoms with van der Waals surface area (Å²) in [5.74, 6) is 0.572. The third-order valence-electron chi connectivity index (χ3n) is 5.19. The summed E-state index contributed by atoms with van der Waals surface area (Å²) < 4.78 is 13.6. The van der Waals surface area contributed by atoms with Crippen molar-refractivity contribution in [3.8, 4) is 0 Å². The quantitative estimate of drug-likeness (QED) is 0.895. The fourth-order valence-corrected chi connectivity index (χ4v) is 3.93. The predicted molar refractivity (Wildman–Crippen MR) is 87.6 cm³/mol. The molecule has 0 bridgehead atoms. The number of aromatic nitrogens is 1. The highest BCUT2D eigenvalue weighted by Gasteiger charge is 2.24. The molecular formula is C18H22FN3O. The zero-order chi connectivity index (χ0) is 15.8. The number of aromatic amines is 1. The van der Waals surface area contributed by atoms with Crippen LogP contribution >= 0.6 is 0 Å². The average Bonchev–Trinajstić information content (AvgIpc) is 2.76. The van der Waals surface area contributed by atoms with Gasteiger partial charge in [0.1, 0.15) is 5.82 Å². The standard InChI is InChI=1S/C18H22FN3O/c19-13-2-3-16-14(9-13)15-11-22(8-6-17(15)21-16)10-12-1-4-18(23)20-7-5-12/h2-3,9,12,21H,1,4-8,10-11H2,(H,20,23). The summed E-state index contributed by atoms with van der Waals surface area (Å²) in [6, 6.07) is 4.98. The van der Waals surface area contributed by atoms with E-state index in [1.165, 1.54) is 17.3 Å².